The average molecular weight is 409 g/mol. The molecule has 1 amide bonds. The maximum absolute atomic E-state index is 12.5. The Labute approximate surface area is 163 Å². The van der Waals surface area contributed by atoms with E-state index in [0.29, 0.717) is 43.4 Å². The van der Waals surface area contributed by atoms with Gasteiger partial charge in [-0.05, 0) is 24.6 Å². The molecular formula is C18H21ClN4O3S. The lowest BCUT2D eigenvalue weighted by Crippen LogP contribution is -2.52. The third-order valence-corrected chi connectivity index (χ3v) is 7.28. The molecular weight excluding hydrogens is 388 g/mol. The molecule has 2 saturated heterocycles. The molecule has 144 valence electrons. The number of amides is 1. The molecule has 2 aliphatic rings. The molecule has 2 aliphatic heterocycles. The fraction of sp³-hybridized carbons (Fsp3) is 0.444. The summed E-state index contributed by atoms with van der Waals surface area (Å²) in [6, 6.07) is 5.71. The molecule has 2 fully saturated rings. The first-order valence-corrected chi connectivity index (χ1v) is 11.2. The first-order valence-electron chi connectivity index (χ1n) is 8.97. The van der Waals surface area contributed by atoms with Crippen molar-refractivity contribution in [3.8, 4) is 0 Å². The van der Waals surface area contributed by atoms with E-state index in [-0.39, 0.29) is 23.5 Å². The number of halogens is 1. The van der Waals surface area contributed by atoms with Crippen LogP contribution in [-0.2, 0) is 14.6 Å². The van der Waals surface area contributed by atoms with Crippen LogP contribution >= 0.6 is 11.6 Å². The van der Waals surface area contributed by atoms with Crippen molar-refractivity contribution < 1.29 is 13.2 Å². The standard InChI is InChI=1S/C18H21ClN4O3S/c19-18-15(23-7-2-1-3-16(23)20-18)4-5-17(24)22-10-8-21(9-11-22)14-6-12-27(25,26)13-14/h1-5,7,14H,6,8-13H2/b5-4+/t14-/m0/s1. The van der Waals surface area contributed by atoms with Crippen LogP contribution in [0.25, 0.3) is 11.7 Å². The summed E-state index contributed by atoms with van der Waals surface area (Å²) in [6.45, 7) is 2.60. The summed E-state index contributed by atoms with van der Waals surface area (Å²) in [5, 5.41) is 0.359. The first-order chi connectivity index (χ1) is 12.9. The van der Waals surface area contributed by atoms with Crippen molar-refractivity contribution in [2.24, 2.45) is 0 Å². The van der Waals surface area contributed by atoms with E-state index in [1.54, 1.807) is 11.0 Å². The van der Waals surface area contributed by atoms with Gasteiger partial charge in [-0.15, -0.1) is 0 Å². The summed E-state index contributed by atoms with van der Waals surface area (Å²) in [7, 11) is -2.88. The summed E-state index contributed by atoms with van der Waals surface area (Å²) in [4.78, 5) is 20.8. The SMILES string of the molecule is O=C(/C=C/c1c(Cl)nc2ccccn12)N1CCN([C@H]2CCS(=O)(=O)C2)CC1. The maximum atomic E-state index is 12.5. The number of piperazine rings is 1. The van der Waals surface area contributed by atoms with Crippen LogP contribution in [0.5, 0.6) is 0 Å². The predicted molar refractivity (Wildman–Crippen MR) is 104 cm³/mol. The van der Waals surface area contributed by atoms with Crippen molar-refractivity contribution in [2.45, 2.75) is 12.5 Å². The summed E-state index contributed by atoms with van der Waals surface area (Å²) in [5.74, 6) is 0.448. The van der Waals surface area contributed by atoms with E-state index >= 15 is 0 Å². The van der Waals surface area contributed by atoms with E-state index in [4.69, 9.17) is 11.6 Å². The molecule has 0 saturated carbocycles. The van der Waals surface area contributed by atoms with Gasteiger partial charge in [0.2, 0.25) is 5.91 Å². The Morgan fingerprint density at radius 1 is 1.22 bits per heavy atom. The van der Waals surface area contributed by atoms with E-state index in [1.165, 1.54) is 6.08 Å². The quantitative estimate of drug-likeness (QED) is 0.716. The lowest BCUT2D eigenvalue weighted by Gasteiger charge is -2.37. The van der Waals surface area contributed by atoms with Crippen molar-refractivity contribution in [3.05, 3.63) is 41.3 Å². The van der Waals surface area contributed by atoms with Gasteiger partial charge in [0.15, 0.2) is 15.0 Å². The van der Waals surface area contributed by atoms with Crippen LogP contribution in [0.2, 0.25) is 5.15 Å². The Morgan fingerprint density at radius 2 is 2.00 bits per heavy atom. The highest BCUT2D eigenvalue weighted by molar-refractivity contribution is 7.91. The van der Waals surface area contributed by atoms with Crippen molar-refractivity contribution >= 4 is 39.1 Å². The number of carbonyl (C=O) groups excluding carboxylic acids is 1. The second kappa shape index (κ2) is 7.26. The van der Waals surface area contributed by atoms with Gasteiger partial charge in [0, 0.05) is 44.5 Å². The third kappa shape index (κ3) is 3.88. The topological polar surface area (TPSA) is 75.0 Å². The lowest BCUT2D eigenvalue weighted by molar-refractivity contribution is -0.127. The molecule has 2 aromatic heterocycles. The number of aromatic nitrogens is 2. The minimum Gasteiger partial charge on any atom is -0.337 e. The monoisotopic (exact) mass is 408 g/mol. The van der Waals surface area contributed by atoms with Crippen LogP contribution in [0, 0.1) is 0 Å². The predicted octanol–water partition coefficient (Wildman–Crippen LogP) is 1.33. The number of hydrogen-bond acceptors (Lipinski definition) is 5. The van der Waals surface area contributed by atoms with Crippen molar-refractivity contribution in [3.63, 3.8) is 0 Å². The highest BCUT2D eigenvalue weighted by Gasteiger charge is 2.34. The van der Waals surface area contributed by atoms with Crippen LogP contribution in [0.1, 0.15) is 12.1 Å². The molecule has 4 heterocycles. The fourth-order valence-corrected chi connectivity index (χ4v) is 5.76. The first kappa shape index (κ1) is 18.5. The van der Waals surface area contributed by atoms with E-state index < -0.39 is 9.84 Å². The molecule has 0 radical (unpaired) electrons. The number of carbonyl (C=O) groups is 1. The summed E-state index contributed by atoms with van der Waals surface area (Å²) < 4.78 is 25.2. The van der Waals surface area contributed by atoms with E-state index in [1.807, 2.05) is 28.8 Å². The molecule has 0 aliphatic carbocycles. The van der Waals surface area contributed by atoms with Crippen LogP contribution in [-0.4, -0.2) is 77.2 Å². The Balaban J connectivity index is 1.38. The van der Waals surface area contributed by atoms with Crippen LogP contribution in [0.3, 0.4) is 0 Å². The molecule has 4 rings (SSSR count). The van der Waals surface area contributed by atoms with Crippen molar-refractivity contribution in [2.75, 3.05) is 37.7 Å². The number of nitrogens with zero attached hydrogens (tertiary/aromatic N) is 4. The molecule has 0 aromatic carbocycles. The maximum Gasteiger partial charge on any atom is 0.246 e. The normalized spacial score (nSPS) is 23.4. The highest BCUT2D eigenvalue weighted by atomic mass is 35.5. The van der Waals surface area contributed by atoms with Gasteiger partial charge in [0.25, 0.3) is 0 Å². The van der Waals surface area contributed by atoms with Gasteiger partial charge in [-0.1, -0.05) is 17.7 Å². The molecule has 7 nitrogen and oxygen atoms in total. The number of fused-ring (bicyclic) bond motifs is 1. The van der Waals surface area contributed by atoms with Gasteiger partial charge in [-0.2, -0.15) is 0 Å². The number of rotatable bonds is 3. The van der Waals surface area contributed by atoms with E-state index in [0.717, 1.165) is 5.65 Å². The Kier molecular flexibility index (Phi) is 4.96. The lowest BCUT2D eigenvalue weighted by atomic mass is 10.2. The van der Waals surface area contributed by atoms with Gasteiger partial charge in [0.1, 0.15) is 5.65 Å². The second-order valence-corrected chi connectivity index (χ2v) is 9.55. The minimum absolute atomic E-state index is 0.0735. The number of hydrogen-bond donors (Lipinski definition) is 0. The molecule has 0 N–H and O–H groups in total. The fourth-order valence-electron chi connectivity index (χ4n) is 3.76. The smallest absolute Gasteiger partial charge is 0.246 e. The summed E-state index contributed by atoms with van der Waals surface area (Å²) >= 11 is 6.19. The number of imidazole rings is 1. The zero-order chi connectivity index (χ0) is 19.0. The molecule has 0 unspecified atom stereocenters. The Bertz CT molecular complexity index is 993. The van der Waals surface area contributed by atoms with Crippen molar-refractivity contribution in [1.82, 2.24) is 19.2 Å². The number of sulfone groups is 1. The molecule has 1 atom stereocenters. The Morgan fingerprint density at radius 3 is 2.70 bits per heavy atom. The van der Waals surface area contributed by atoms with Gasteiger partial charge in [0.05, 0.1) is 17.2 Å². The zero-order valence-corrected chi connectivity index (χ0v) is 16.4. The molecule has 27 heavy (non-hydrogen) atoms. The molecule has 0 spiro atoms. The summed E-state index contributed by atoms with van der Waals surface area (Å²) in [6.07, 6.45) is 5.77. The van der Waals surface area contributed by atoms with E-state index in [9.17, 15) is 13.2 Å². The van der Waals surface area contributed by atoms with Gasteiger partial charge in [-0.25, -0.2) is 13.4 Å². The summed E-state index contributed by atoms with van der Waals surface area (Å²) in [5.41, 5.74) is 1.41. The third-order valence-electron chi connectivity index (χ3n) is 5.26. The van der Waals surface area contributed by atoms with Gasteiger partial charge < -0.3 is 4.90 Å². The second-order valence-electron chi connectivity index (χ2n) is 6.97. The van der Waals surface area contributed by atoms with Crippen LogP contribution in [0.4, 0.5) is 0 Å². The van der Waals surface area contributed by atoms with Gasteiger partial charge in [-0.3, -0.25) is 14.1 Å². The van der Waals surface area contributed by atoms with E-state index in [2.05, 4.69) is 9.88 Å². The largest absolute Gasteiger partial charge is 0.337 e. The highest BCUT2D eigenvalue weighted by Crippen LogP contribution is 2.21. The van der Waals surface area contributed by atoms with Crippen LogP contribution < -0.4 is 0 Å². The Hall–Kier alpha value is -1.90. The molecule has 0 bridgehead atoms. The molecule has 9 heteroatoms. The van der Waals surface area contributed by atoms with Crippen molar-refractivity contribution in [1.29, 1.82) is 0 Å². The number of pyridine rings is 1. The minimum atomic E-state index is -2.88. The van der Waals surface area contributed by atoms with Gasteiger partial charge >= 0.3 is 0 Å². The molecule has 2 aromatic rings. The average Bonchev–Trinajstić information content (AvgIpc) is 3.18. The zero-order valence-electron chi connectivity index (χ0n) is 14.8. The van der Waals surface area contributed by atoms with Crippen LogP contribution in [0.15, 0.2) is 30.5 Å².